The molecule has 2 rings (SSSR count). The van der Waals surface area contributed by atoms with Crippen LogP contribution in [0.3, 0.4) is 0 Å². The maximum atomic E-state index is 10.7. The Kier molecular flexibility index (Phi) is 3.01. The van der Waals surface area contributed by atoms with Crippen molar-refractivity contribution in [1.29, 1.82) is 5.26 Å². The molecule has 1 aromatic carbocycles. The van der Waals surface area contributed by atoms with Gasteiger partial charge in [0.05, 0.1) is 12.1 Å². The van der Waals surface area contributed by atoms with Crippen LogP contribution >= 0.6 is 0 Å². The van der Waals surface area contributed by atoms with Crippen LogP contribution in [0.25, 0.3) is 10.9 Å². The van der Waals surface area contributed by atoms with E-state index >= 15 is 0 Å². The van der Waals surface area contributed by atoms with Gasteiger partial charge in [-0.15, -0.1) is 0 Å². The van der Waals surface area contributed by atoms with Crippen LogP contribution in [0, 0.1) is 11.3 Å². The number of pyridine rings is 1. The minimum absolute atomic E-state index is 0.377. The molecule has 0 spiro atoms. The van der Waals surface area contributed by atoms with Crippen molar-refractivity contribution in [1.82, 2.24) is 4.98 Å². The highest BCUT2D eigenvalue weighted by Crippen LogP contribution is 2.28. The number of nitrogens with zero attached hydrogens (tertiary/aromatic N) is 2. The molecule has 4 heteroatoms. The molecular formula is C13H10N2O2. The zero-order chi connectivity index (χ0) is 12.3. The molecule has 0 amide bonds. The van der Waals surface area contributed by atoms with Gasteiger partial charge < -0.3 is 4.74 Å². The lowest BCUT2D eigenvalue weighted by molar-refractivity contribution is 0.112. The summed E-state index contributed by atoms with van der Waals surface area (Å²) in [5, 5.41) is 9.68. The molecule has 0 aliphatic rings. The zero-order valence-corrected chi connectivity index (χ0v) is 9.30. The van der Waals surface area contributed by atoms with Gasteiger partial charge in [-0.2, -0.15) is 5.26 Å². The highest BCUT2D eigenvalue weighted by molar-refractivity contribution is 5.92. The molecular weight excluding hydrogens is 216 g/mol. The predicted octanol–water partition coefficient (Wildman–Crippen LogP) is 2.32. The molecule has 0 unspecified atom stereocenters. The van der Waals surface area contributed by atoms with Crippen LogP contribution in [0.15, 0.2) is 24.4 Å². The maximum Gasteiger partial charge on any atom is 0.150 e. The Hall–Kier alpha value is -2.41. The van der Waals surface area contributed by atoms with Gasteiger partial charge in [-0.3, -0.25) is 9.78 Å². The van der Waals surface area contributed by atoms with Crippen LogP contribution in [0.5, 0.6) is 5.75 Å². The number of rotatable bonds is 3. The highest BCUT2D eigenvalue weighted by Gasteiger charge is 2.10. The van der Waals surface area contributed by atoms with E-state index in [0.29, 0.717) is 34.4 Å². The van der Waals surface area contributed by atoms with Crippen molar-refractivity contribution in [2.24, 2.45) is 0 Å². The van der Waals surface area contributed by atoms with Crippen LogP contribution in [0.4, 0.5) is 0 Å². The van der Waals surface area contributed by atoms with Gasteiger partial charge in [0, 0.05) is 17.1 Å². The van der Waals surface area contributed by atoms with E-state index in [1.807, 2.05) is 13.0 Å². The molecule has 0 fully saturated rings. The molecule has 0 saturated carbocycles. The first-order valence-electron chi connectivity index (χ1n) is 5.21. The predicted molar refractivity (Wildman–Crippen MR) is 63.0 cm³/mol. The average Bonchev–Trinajstić information content (AvgIpc) is 2.39. The zero-order valence-electron chi connectivity index (χ0n) is 9.30. The van der Waals surface area contributed by atoms with Crippen molar-refractivity contribution in [2.75, 3.05) is 6.61 Å². The number of aromatic nitrogens is 1. The Bertz CT molecular complexity index is 615. The second-order valence-corrected chi connectivity index (χ2v) is 3.44. The standard InChI is InChI=1S/C13H10N2O2/c1-2-17-13-10(6-14)7-15-12-4-3-9(8-16)5-11(12)13/h3-5,7-8H,2H2,1H3. The molecule has 0 N–H and O–H groups in total. The van der Waals surface area contributed by atoms with Gasteiger partial charge in [0.15, 0.2) is 0 Å². The summed E-state index contributed by atoms with van der Waals surface area (Å²) in [5.41, 5.74) is 1.62. The van der Waals surface area contributed by atoms with E-state index in [1.54, 1.807) is 18.2 Å². The summed E-state index contributed by atoms with van der Waals surface area (Å²) in [7, 11) is 0. The first-order chi connectivity index (χ1) is 8.30. The SMILES string of the molecule is CCOc1c(C#N)cnc2ccc(C=O)cc12. The molecule has 17 heavy (non-hydrogen) atoms. The third kappa shape index (κ3) is 1.95. The van der Waals surface area contributed by atoms with Gasteiger partial charge in [0.1, 0.15) is 23.7 Å². The van der Waals surface area contributed by atoms with Crippen LogP contribution in [0.2, 0.25) is 0 Å². The Balaban J connectivity index is 2.77. The van der Waals surface area contributed by atoms with Crippen LogP contribution in [0.1, 0.15) is 22.8 Å². The first-order valence-corrected chi connectivity index (χ1v) is 5.21. The molecule has 0 saturated heterocycles. The quantitative estimate of drug-likeness (QED) is 0.753. The van der Waals surface area contributed by atoms with Gasteiger partial charge in [-0.05, 0) is 25.1 Å². The van der Waals surface area contributed by atoms with Crippen LogP contribution < -0.4 is 4.74 Å². The van der Waals surface area contributed by atoms with E-state index in [2.05, 4.69) is 4.98 Å². The normalized spacial score (nSPS) is 9.88. The van der Waals surface area contributed by atoms with E-state index in [9.17, 15) is 4.79 Å². The maximum absolute atomic E-state index is 10.7. The number of carbonyl (C=O) groups excluding carboxylic acids is 1. The van der Waals surface area contributed by atoms with Gasteiger partial charge in [0.25, 0.3) is 0 Å². The van der Waals surface area contributed by atoms with E-state index < -0.39 is 0 Å². The van der Waals surface area contributed by atoms with Crippen LogP contribution in [-0.4, -0.2) is 17.9 Å². The minimum Gasteiger partial charge on any atom is -0.492 e. The molecule has 2 aromatic rings. The molecule has 1 aromatic heterocycles. The fraction of sp³-hybridized carbons (Fsp3) is 0.154. The lowest BCUT2D eigenvalue weighted by atomic mass is 10.1. The third-order valence-corrected chi connectivity index (χ3v) is 2.39. The monoisotopic (exact) mass is 226 g/mol. The topological polar surface area (TPSA) is 63.0 Å². The largest absolute Gasteiger partial charge is 0.492 e. The van der Waals surface area contributed by atoms with Gasteiger partial charge >= 0.3 is 0 Å². The summed E-state index contributed by atoms with van der Waals surface area (Å²) in [6, 6.07) is 7.14. The number of carbonyl (C=O) groups is 1. The fourth-order valence-corrected chi connectivity index (χ4v) is 1.64. The Morgan fingerprint density at radius 3 is 3.00 bits per heavy atom. The van der Waals surface area contributed by atoms with Gasteiger partial charge in [-0.25, -0.2) is 0 Å². The molecule has 1 heterocycles. The van der Waals surface area contributed by atoms with Crippen molar-refractivity contribution >= 4 is 17.2 Å². The lowest BCUT2D eigenvalue weighted by Crippen LogP contribution is -1.97. The van der Waals surface area contributed by atoms with Crippen molar-refractivity contribution < 1.29 is 9.53 Å². The number of ether oxygens (including phenoxy) is 1. The van der Waals surface area contributed by atoms with E-state index in [-0.39, 0.29) is 0 Å². The summed E-state index contributed by atoms with van der Waals surface area (Å²) in [5.74, 6) is 0.490. The highest BCUT2D eigenvalue weighted by atomic mass is 16.5. The summed E-state index contributed by atoms with van der Waals surface area (Å²) in [6.07, 6.45) is 2.24. The van der Waals surface area contributed by atoms with Crippen molar-refractivity contribution in [3.63, 3.8) is 0 Å². The van der Waals surface area contributed by atoms with E-state index in [0.717, 1.165) is 6.29 Å². The molecule has 0 aliphatic carbocycles. The molecule has 0 atom stereocenters. The number of nitriles is 1. The molecule has 84 valence electrons. The smallest absolute Gasteiger partial charge is 0.150 e. The van der Waals surface area contributed by atoms with E-state index in [1.165, 1.54) is 6.20 Å². The van der Waals surface area contributed by atoms with Crippen molar-refractivity contribution in [3.05, 3.63) is 35.5 Å². The average molecular weight is 226 g/mol. The lowest BCUT2D eigenvalue weighted by Gasteiger charge is -2.08. The number of fused-ring (bicyclic) bond motifs is 1. The Morgan fingerprint density at radius 2 is 2.35 bits per heavy atom. The summed E-state index contributed by atoms with van der Waals surface area (Å²) >= 11 is 0. The van der Waals surface area contributed by atoms with Crippen molar-refractivity contribution in [2.45, 2.75) is 6.92 Å². The third-order valence-electron chi connectivity index (χ3n) is 2.39. The van der Waals surface area contributed by atoms with Gasteiger partial charge in [0.2, 0.25) is 0 Å². The first kappa shape index (κ1) is 11.1. The number of hydrogen-bond acceptors (Lipinski definition) is 4. The molecule has 0 aliphatic heterocycles. The molecule has 0 bridgehead atoms. The minimum atomic E-state index is 0.377. The molecule has 4 nitrogen and oxygen atoms in total. The summed E-state index contributed by atoms with van der Waals surface area (Å²) in [4.78, 5) is 14.9. The molecule has 0 radical (unpaired) electrons. The van der Waals surface area contributed by atoms with Gasteiger partial charge in [-0.1, -0.05) is 0 Å². The Morgan fingerprint density at radius 1 is 1.53 bits per heavy atom. The second kappa shape index (κ2) is 4.62. The van der Waals surface area contributed by atoms with Crippen molar-refractivity contribution in [3.8, 4) is 11.8 Å². The van der Waals surface area contributed by atoms with Crippen LogP contribution in [-0.2, 0) is 0 Å². The Labute approximate surface area is 98.5 Å². The summed E-state index contributed by atoms with van der Waals surface area (Å²) < 4.78 is 5.46. The summed E-state index contributed by atoms with van der Waals surface area (Å²) in [6.45, 7) is 2.30. The second-order valence-electron chi connectivity index (χ2n) is 3.44. The van der Waals surface area contributed by atoms with E-state index in [4.69, 9.17) is 10.00 Å². The number of hydrogen-bond donors (Lipinski definition) is 0. The fourth-order valence-electron chi connectivity index (χ4n) is 1.64. The number of aldehydes is 1. The number of benzene rings is 1.